The number of ether oxygens (including phenoxy) is 2. The molecule has 0 aliphatic carbocycles. The van der Waals surface area contributed by atoms with Crippen LogP contribution in [-0.4, -0.2) is 63.8 Å². The number of rotatable bonds is 4. The molecule has 0 aromatic heterocycles. The predicted octanol–water partition coefficient (Wildman–Crippen LogP) is -1.65. The van der Waals surface area contributed by atoms with Gasteiger partial charge in [0.15, 0.2) is 6.29 Å². The SMILES string of the molecule is CC(C)[C@@H](C#N)O[C@@H]1O[C@H](CO)[C@H](O)[C@H](O)[C@H]1O. The summed E-state index contributed by atoms with van der Waals surface area (Å²) in [6.07, 6.45) is -7.49. The van der Waals surface area contributed by atoms with E-state index in [1.807, 2.05) is 6.07 Å². The van der Waals surface area contributed by atoms with E-state index in [0.29, 0.717) is 0 Å². The number of hydrogen-bond acceptors (Lipinski definition) is 7. The fraction of sp³-hybridized carbons (Fsp3) is 0.909. The van der Waals surface area contributed by atoms with Gasteiger partial charge in [0.2, 0.25) is 0 Å². The molecule has 0 spiro atoms. The fourth-order valence-corrected chi connectivity index (χ4v) is 1.66. The van der Waals surface area contributed by atoms with Crippen molar-refractivity contribution >= 4 is 0 Å². The molecule has 1 saturated heterocycles. The van der Waals surface area contributed by atoms with E-state index >= 15 is 0 Å². The van der Waals surface area contributed by atoms with Crippen LogP contribution in [0, 0.1) is 17.2 Å². The van der Waals surface area contributed by atoms with Crippen molar-refractivity contribution < 1.29 is 29.9 Å². The number of nitriles is 1. The molecule has 0 amide bonds. The van der Waals surface area contributed by atoms with Gasteiger partial charge in [0, 0.05) is 0 Å². The Morgan fingerprint density at radius 1 is 1.22 bits per heavy atom. The molecule has 0 unspecified atom stereocenters. The zero-order valence-electron chi connectivity index (χ0n) is 10.3. The molecule has 4 N–H and O–H groups in total. The minimum absolute atomic E-state index is 0.123. The highest BCUT2D eigenvalue weighted by Crippen LogP contribution is 2.24. The predicted molar refractivity (Wildman–Crippen MR) is 59.1 cm³/mol. The van der Waals surface area contributed by atoms with Crippen LogP contribution in [0.15, 0.2) is 0 Å². The van der Waals surface area contributed by atoms with Crippen LogP contribution in [0.1, 0.15) is 13.8 Å². The van der Waals surface area contributed by atoms with Crippen molar-refractivity contribution in [2.45, 2.75) is 50.7 Å². The average molecular weight is 261 g/mol. The maximum atomic E-state index is 9.70. The Morgan fingerprint density at radius 3 is 2.28 bits per heavy atom. The van der Waals surface area contributed by atoms with E-state index in [0.717, 1.165) is 0 Å². The molecule has 7 heteroatoms. The van der Waals surface area contributed by atoms with E-state index in [9.17, 15) is 15.3 Å². The summed E-state index contributed by atoms with van der Waals surface area (Å²) in [4.78, 5) is 0. The van der Waals surface area contributed by atoms with Crippen LogP contribution in [0.25, 0.3) is 0 Å². The second-order valence-corrected chi connectivity index (χ2v) is 4.63. The van der Waals surface area contributed by atoms with Gasteiger partial charge in [-0.15, -0.1) is 0 Å². The van der Waals surface area contributed by atoms with Gasteiger partial charge in [-0.3, -0.25) is 0 Å². The van der Waals surface area contributed by atoms with Crippen LogP contribution >= 0.6 is 0 Å². The molecule has 0 aromatic carbocycles. The van der Waals surface area contributed by atoms with Crippen molar-refractivity contribution in [2.75, 3.05) is 6.61 Å². The third kappa shape index (κ3) is 3.17. The molecule has 18 heavy (non-hydrogen) atoms. The molecule has 6 atom stereocenters. The summed E-state index contributed by atoms with van der Waals surface area (Å²) in [7, 11) is 0. The van der Waals surface area contributed by atoms with E-state index in [2.05, 4.69) is 0 Å². The van der Waals surface area contributed by atoms with Crippen molar-refractivity contribution in [2.24, 2.45) is 5.92 Å². The first kappa shape index (κ1) is 15.3. The summed E-state index contributed by atoms with van der Waals surface area (Å²) >= 11 is 0. The summed E-state index contributed by atoms with van der Waals surface area (Å²) in [5.74, 6) is -0.123. The molecule has 0 saturated carbocycles. The molecule has 1 aliphatic rings. The first-order valence-electron chi connectivity index (χ1n) is 5.78. The van der Waals surface area contributed by atoms with Crippen LogP contribution in [0.2, 0.25) is 0 Å². The van der Waals surface area contributed by atoms with Crippen molar-refractivity contribution in [1.82, 2.24) is 0 Å². The minimum atomic E-state index is -1.49. The van der Waals surface area contributed by atoms with Gasteiger partial charge in [0.25, 0.3) is 0 Å². The molecule has 0 radical (unpaired) electrons. The lowest BCUT2D eigenvalue weighted by molar-refractivity contribution is -0.309. The summed E-state index contributed by atoms with van der Waals surface area (Å²) in [5, 5.41) is 46.7. The standard InChI is InChI=1S/C11H19NO6/c1-5(2)6(3-12)17-11-10(16)9(15)8(14)7(4-13)18-11/h5-11,13-16H,4H2,1-2H3/t6-,7-,8+,9+,10-,11-/m1/s1. The Bertz CT molecular complexity index is 302. The maximum Gasteiger partial charge on any atom is 0.188 e. The molecule has 1 aliphatic heterocycles. The first-order chi connectivity index (χ1) is 8.42. The van der Waals surface area contributed by atoms with E-state index in [1.54, 1.807) is 13.8 Å². The number of aliphatic hydroxyl groups is 4. The molecular formula is C11H19NO6. The molecular weight excluding hydrogens is 242 g/mol. The Balaban J connectivity index is 2.73. The highest BCUT2D eigenvalue weighted by atomic mass is 16.7. The third-order valence-electron chi connectivity index (χ3n) is 2.86. The quantitative estimate of drug-likeness (QED) is 0.478. The second kappa shape index (κ2) is 6.43. The van der Waals surface area contributed by atoms with Gasteiger partial charge in [-0.1, -0.05) is 13.8 Å². The van der Waals surface area contributed by atoms with Gasteiger partial charge in [-0.05, 0) is 5.92 Å². The lowest BCUT2D eigenvalue weighted by Crippen LogP contribution is -2.59. The lowest BCUT2D eigenvalue weighted by Gasteiger charge is -2.40. The number of aliphatic hydroxyl groups excluding tert-OH is 4. The third-order valence-corrected chi connectivity index (χ3v) is 2.86. The Kier molecular flexibility index (Phi) is 5.47. The molecule has 104 valence electrons. The lowest BCUT2D eigenvalue weighted by atomic mass is 9.99. The van der Waals surface area contributed by atoms with Crippen LogP contribution in [0.3, 0.4) is 0 Å². The van der Waals surface area contributed by atoms with Crippen LogP contribution in [-0.2, 0) is 9.47 Å². The van der Waals surface area contributed by atoms with Gasteiger partial charge in [-0.2, -0.15) is 5.26 Å². The summed E-state index contributed by atoms with van der Waals surface area (Å²) in [6, 6.07) is 1.91. The highest BCUT2D eigenvalue weighted by Gasteiger charge is 2.45. The Morgan fingerprint density at radius 2 is 1.83 bits per heavy atom. The highest BCUT2D eigenvalue weighted by molar-refractivity contribution is 4.92. The zero-order valence-corrected chi connectivity index (χ0v) is 10.3. The molecule has 1 heterocycles. The summed E-state index contributed by atoms with van der Waals surface area (Å²) in [5.41, 5.74) is 0. The Labute approximate surface area is 105 Å². The van der Waals surface area contributed by atoms with E-state index in [1.165, 1.54) is 0 Å². The number of hydrogen-bond donors (Lipinski definition) is 4. The van der Waals surface area contributed by atoms with Gasteiger partial charge < -0.3 is 29.9 Å². The van der Waals surface area contributed by atoms with Gasteiger partial charge in [-0.25, -0.2) is 0 Å². The molecule has 1 rings (SSSR count). The Hall–Kier alpha value is -0.750. The normalized spacial score (nSPS) is 38.4. The van der Waals surface area contributed by atoms with Gasteiger partial charge in [0.05, 0.1) is 12.7 Å². The molecule has 7 nitrogen and oxygen atoms in total. The maximum absolute atomic E-state index is 9.70. The molecule has 0 aromatic rings. The smallest absolute Gasteiger partial charge is 0.188 e. The van der Waals surface area contributed by atoms with Gasteiger partial charge >= 0.3 is 0 Å². The van der Waals surface area contributed by atoms with E-state index in [4.69, 9.17) is 19.8 Å². The van der Waals surface area contributed by atoms with Crippen molar-refractivity contribution in [1.29, 1.82) is 5.26 Å². The van der Waals surface area contributed by atoms with Crippen LogP contribution < -0.4 is 0 Å². The van der Waals surface area contributed by atoms with Crippen molar-refractivity contribution in [3.05, 3.63) is 0 Å². The summed E-state index contributed by atoms with van der Waals surface area (Å²) < 4.78 is 10.4. The largest absolute Gasteiger partial charge is 0.394 e. The topological polar surface area (TPSA) is 123 Å². The van der Waals surface area contributed by atoms with E-state index < -0.39 is 43.4 Å². The second-order valence-electron chi connectivity index (χ2n) is 4.63. The van der Waals surface area contributed by atoms with Gasteiger partial charge in [0.1, 0.15) is 30.5 Å². The van der Waals surface area contributed by atoms with Crippen LogP contribution in [0.4, 0.5) is 0 Å². The molecule has 0 bridgehead atoms. The monoisotopic (exact) mass is 261 g/mol. The number of nitrogens with zero attached hydrogens (tertiary/aromatic N) is 1. The van der Waals surface area contributed by atoms with Crippen molar-refractivity contribution in [3.63, 3.8) is 0 Å². The summed E-state index contributed by atoms with van der Waals surface area (Å²) in [6.45, 7) is 3.00. The average Bonchev–Trinajstić information content (AvgIpc) is 2.35. The van der Waals surface area contributed by atoms with Crippen LogP contribution in [0.5, 0.6) is 0 Å². The minimum Gasteiger partial charge on any atom is -0.394 e. The molecule has 1 fully saturated rings. The fourth-order valence-electron chi connectivity index (χ4n) is 1.66. The van der Waals surface area contributed by atoms with E-state index in [-0.39, 0.29) is 5.92 Å². The zero-order chi connectivity index (χ0) is 13.9. The van der Waals surface area contributed by atoms with Crippen molar-refractivity contribution in [3.8, 4) is 6.07 Å². The first-order valence-corrected chi connectivity index (χ1v) is 5.78.